The molecule has 2 aliphatic heterocycles. The molecule has 6 atom stereocenters. The van der Waals surface area contributed by atoms with Gasteiger partial charge in [0.15, 0.2) is 16.1 Å². The molecule has 2 bridgehead atoms. The smallest absolute Gasteiger partial charge is 0.299 e. The zero-order valence-electron chi connectivity index (χ0n) is 12.7. The van der Waals surface area contributed by atoms with Gasteiger partial charge in [-0.1, -0.05) is 0 Å². The predicted octanol–water partition coefficient (Wildman–Crippen LogP) is 2.67. The third-order valence-electron chi connectivity index (χ3n) is 6.00. The molecule has 0 amide bonds. The summed E-state index contributed by atoms with van der Waals surface area (Å²) in [5, 5.41) is -3.34. The van der Waals surface area contributed by atoms with Crippen LogP contribution in [0.3, 0.4) is 0 Å². The summed E-state index contributed by atoms with van der Waals surface area (Å²) in [6.45, 7) is 0.661. The number of sulfone groups is 1. The summed E-state index contributed by atoms with van der Waals surface area (Å²) in [5.41, 5.74) is 0. The van der Waals surface area contributed by atoms with Crippen molar-refractivity contribution in [1.82, 2.24) is 0 Å². The Morgan fingerprint density at radius 3 is 2.39 bits per heavy atom. The Morgan fingerprint density at radius 1 is 1.13 bits per heavy atom. The Kier molecular flexibility index (Phi) is 3.57. The van der Waals surface area contributed by atoms with E-state index in [1.54, 1.807) is 0 Å². The van der Waals surface area contributed by atoms with Gasteiger partial charge in [-0.2, -0.15) is 0 Å². The third-order valence-corrected chi connectivity index (χ3v) is 7.83. The van der Waals surface area contributed by atoms with Gasteiger partial charge in [-0.3, -0.25) is 0 Å². The van der Waals surface area contributed by atoms with Crippen molar-refractivity contribution in [2.75, 3.05) is 12.4 Å². The number of ether oxygens (including phenoxy) is 2. The minimum absolute atomic E-state index is 0.0496. The van der Waals surface area contributed by atoms with Gasteiger partial charge in [0.2, 0.25) is 0 Å². The molecule has 0 aromatic heterocycles. The van der Waals surface area contributed by atoms with Crippen LogP contribution in [0.15, 0.2) is 0 Å². The molecule has 0 radical (unpaired) electrons. The first-order valence-electron chi connectivity index (χ1n) is 8.31. The summed E-state index contributed by atoms with van der Waals surface area (Å²) in [6.07, 6.45) is 3.63. The van der Waals surface area contributed by atoms with Gasteiger partial charge in [-0.25, -0.2) is 21.6 Å². The van der Waals surface area contributed by atoms with Crippen molar-refractivity contribution in [2.45, 2.75) is 61.8 Å². The standard InChI is InChI=1S/C15H21F3O4S/c16-14(8-23(14,19)20)15(17,18)11-6-10-5-9(11)7-12(10)22-13-3-1-2-4-21-13/h9-13H,1-8H2. The van der Waals surface area contributed by atoms with Crippen LogP contribution in [0, 0.1) is 17.8 Å². The highest BCUT2D eigenvalue weighted by molar-refractivity contribution is 8.00. The lowest BCUT2D eigenvalue weighted by molar-refractivity contribution is -0.205. The van der Waals surface area contributed by atoms with Gasteiger partial charge in [0, 0.05) is 12.5 Å². The second kappa shape index (κ2) is 5.08. The second-order valence-electron chi connectivity index (χ2n) is 7.41. The monoisotopic (exact) mass is 354 g/mol. The number of hydrogen-bond donors (Lipinski definition) is 0. The Hall–Kier alpha value is -0.340. The molecular weight excluding hydrogens is 333 g/mol. The summed E-state index contributed by atoms with van der Waals surface area (Å²) in [6, 6.07) is 0. The van der Waals surface area contributed by atoms with E-state index in [-0.39, 0.29) is 30.7 Å². The van der Waals surface area contributed by atoms with Crippen molar-refractivity contribution >= 4 is 9.84 Å². The third kappa shape index (κ3) is 2.35. The molecule has 23 heavy (non-hydrogen) atoms. The largest absolute Gasteiger partial charge is 0.353 e. The zero-order valence-corrected chi connectivity index (χ0v) is 13.5. The van der Waals surface area contributed by atoms with Crippen molar-refractivity contribution in [3.8, 4) is 0 Å². The molecule has 0 spiro atoms. The van der Waals surface area contributed by atoms with Crippen LogP contribution in [-0.2, 0) is 19.3 Å². The summed E-state index contributed by atoms with van der Waals surface area (Å²) in [5.74, 6) is -6.45. The maximum absolute atomic E-state index is 14.4. The van der Waals surface area contributed by atoms with Crippen molar-refractivity contribution < 1.29 is 31.1 Å². The van der Waals surface area contributed by atoms with Gasteiger partial charge in [0.25, 0.3) is 10.9 Å². The lowest BCUT2D eigenvalue weighted by atomic mass is 9.81. The van der Waals surface area contributed by atoms with E-state index in [9.17, 15) is 21.6 Å². The number of alkyl halides is 3. The summed E-state index contributed by atoms with van der Waals surface area (Å²) >= 11 is 0. The first kappa shape index (κ1) is 16.1. The van der Waals surface area contributed by atoms with Gasteiger partial charge in [0.1, 0.15) is 5.75 Å². The van der Waals surface area contributed by atoms with Crippen LogP contribution >= 0.6 is 0 Å². The summed E-state index contributed by atoms with van der Waals surface area (Å²) in [4.78, 5) is 0. The molecule has 2 heterocycles. The van der Waals surface area contributed by atoms with Crippen LogP contribution in [0.4, 0.5) is 13.2 Å². The predicted molar refractivity (Wildman–Crippen MR) is 75.4 cm³/mol. The molecule has 2 saturated carbocycles. The van der Waals surface area contributed by atoms with E-state index < -0.39 is 32.4 Å². The topological polar surface area (TPSA) is 52.6 Å². The van der Waals surface area contributed by atoms with Crippen LogP contribution in [0.5, 0.6) is 0 Å². The van der Waals surface area contributed by atoms with E-state index in [1.165, 1.54) is 0 Å². The number of rotatable bonds is 4. The quantitative estimate of drug-likeness (QED) is 0.729. The van der Waals surface area contributed by atoms with Crippen LogP contribution in [0.2, 0.25) is 0 Å². The van der Waals surface area contributed by atoms with Gasteiger partial charge >= 0.3 is 0 Å². The van der Waals surface area contributed by atoms with Crippen molar-refractivity contribution in [2.24, 2.45) is 17.8 Å². The molecule has 4 fully saturated rings. The SMILES string of the molecule is O=S1(=O)CC1(F)C(F)(F)C1CC2CC1CC2OC1CCCCO1. The van der Waals surface area contributed by atoms with E-state index in [2.05, 4.69) is 0 Å². The number of fused-ring (bicyclic) bond motifs is 2. The average Bonchev–Trinajstić information content (AvgIpc) is 2.87. The highest BCUT2D eigenvalue weighted by Crippen LogP contribution is 2.62. The van der Waals surface area contributed by atoms with Crippen LogP contribution in [0.1, 0.15) is 38.5 Å². The molecule has 8 heteroatoms. The van der Waals surface area contributed by atoms with Crippen molar-refractivity contribution in [3.63, 3.8) is 0 Å². The minimum atomic E-state index is -4.27. The maximum Gasteiger partial charge on any atom is 0.299 e. The fourth-order valence-electron chi connectivity index (χ4n) is 4.64. The molecule has 4 aliphatic rings. The number of hydrogen-bond acceptors (Lipinski definition) is 4. The molecule has 0 aromatic carbocycles. The highest BCUT2D eigenvalue weighted by atomic mass is 32.2. The minimum Gasteiger partial charge on any atom is -0.353 e. The first-order chi connectivity index (χ1) is 10.7. The Bertz CT molecular complexity index is 590. The normalized spacial score (nSPS) is 48.6. The second-order valence-corrected chi connectivity index (χ2v) is 9.58. The van der Waals surface area contributed by atoms with Crippen molar-refractivity contribution in [3.05, 3.63) is 0 Å². The molecule has 2 aliphatic carbocycles. The van der Waals surface area contributed by atoms with E-state index in [1.807, 2.05) is 0 Å². The molecule has 4 rings (SSSR count). The molecule has 0 N–H and O–H groups in total. The van der Waals surface area contributed by atoms with Crippen LogP contribution in [-0.4, -0.2) is 44.1 Å². The first-order valence-corrected chi connectivity index (χ1v) is 9.96. The molecule has 0 aromatic rings. The van der Waals surface area contributed by atoms with Gasteiger partial charge < -0.3 is 9.47 Å². The highest BCUT2D eigenvalue weighted by Gasteiger charge is 2.80. The molecule has 4 nitrogen and oxygen atoms in total. The molecule has 2 saturated heterocycles. The van der Waals surface area contributed by atoms with E-state index in [0.717, 1.165) is 19.3 Å². The van der Waals surface area contributed by atoms with Gasteiger partial charge in [0.05, 0.1) is 6.10 Å². The molecule has 132 valence electrons. The molecular formula is C15H21F3O4S. The fraction of sp³-hybridized carbons (Fsp3) is 1.00. The summed E-state index contributed by atoms with van der Waals surface area (Å²) < 4.78 is 76.9. The number of halogens is 3. The van der Waals surface area contributed by atoms with Crippen LogP contribution in [0.25, 0.3) is 0 Å². The van der Waals surface area contributed by atoms with Crippen molar-refractivity contribution in [1.29, 1.82) is 0 Å². The van der Waals surface area contributed by atoms with Crippen LogP contribution < -0.4 is 0 Å². The van der Waals surface area contributed by atoms with E-state index in [4.69, 9.17) is 9.47 Å². The van der Waals surface area contributed by atoms with E-state index >= 15 is 0 Å². The maximum atomic E-state index is 14.4. The fourth-order valence-corrected chi connectivity index (χ4v) is 6.12. The zero-order chi connectivity index (χ0) is 16.5. The Balaban J connectivity index is 1.41. The van der Waals surface area contributed by atoms with E-state index in [0.29, 0.717) is 19.4 Å². The lowest BCUT2D eigenvalue weighted by Crippen LogP contribution is -2.46. The molecule has 6 unspecified atom stereocenters. The Labute approximate surface area is 133 Å². The summed E-state index contributed by atoms with van der Waals surface area (Å²) in [7, 11) is -4.27. The average molecular weight is 354 g/mol. The lowest BCUT2D eigenvalue weighted by Gasteiger charge is -2.35. The van der Waals surface area contributed by atoms with Gasteiger partial charge in [-0.15, -0.1) is 0 Å². The van der Waals surface area contributed by atoms with Gasteiger partial charge in [-0.05, 0) is 50.4 Å². The Morgan fingerprint density at radius 2 is 1.87 bits per heavy atom.